The number of rotatable bonds is 8. The highest BCUT2D eigenvalue weighted by Gasteiger charge is 2.14. The Hall–Kier alpha value is -0.910. The molecule has 0 aliphatic carbocycles. The summed E-state index contributed by atoms with van der Waals surface area (Å²) in [5.41, 5.74) is 6.90. The van der Waals surface area contributed by atoms with Crippen LogP contribution < -0.4 is 5.73 Å². The maximum absolute atomic E-state index is 5.55. The molecule has 21 heavy (non-hydrogen) atoms. The number of hydrogen-bond acceptors (Lipinski definition) is 4. The Kier molecular flexibility index (Phi) is 7.19. The van der Waals surface area contributed by atoms with Crippen molar-refractivity contribution in [2.24, 2.45) is 12.8 Å². The van der Waals surface area contributed by atoms with Crippen molar-refractivity contribution in [2.45, 2.75) is 32.1 Å². The lowest BCUT2D eigenvalue weighted by Gasteiger charge is -2.21. The second-order valence-corrected chi connectivity index (χ2v) is 6.16. The summed E-state index contributed by atoms with van der Waals surface area (Å²) in [6, 6.07) is 0. The minimum atomic E-state index is 0.835. The lowest BCUT2D eigenvalue weighted by atomic mass is 10.2. The maximum Gasteiger partial charge on any atom is 0.0522 e. The molecule has 2 rings (SSSR count). The van der Waals surface area contributed by atoms with Gasteiger partial charge >= 0.3 is 0 Å². The molecule has 1 aromatic heterocycles. The molecule has 0 bridgehead atoms. The second-order valence-electron chi connectivity index (χ2n) is 6.16. The zero-order valence-electron chi connectivity index (χ0n) is 13.5. The number of aryl methyl sites for hydroxylation is 1. The van der Waals surface area contributed by atoms with Crippen LogP contribution in [0.25, 0.3) is 0 Å². The first kappa shape index (κ1) is 16.5. The van der Waals surface area contributed by atoms with E-state index in [-0.39, 0.29) is 0 Å². The number of nitrogens with zero attached hydrogens (tertiary/aromatic N) is 4. The van der Waals surface area contributed by atoms with Crippen LogP contribution in [0.1, 0.15) is 31.2 Å². The van der Waals surface area contributed by atoms with E-state index in [0.29, 0.717) is 0 Å². The minimum absolute atomic E-state index is 0.835. The molecular weight excluding hydrogens is 262 g/mol. The van der Waals surface area contributed by atoms with E-state index in [1.165, 1.54) is 64.0 Å². The van der Waals surface area contributed by atoms with Crippen LogP contribution in [-0.4, -0.2) is 65.4 Å². The fraction of sp³-hybridized carbons (Fsp3) is 0.812. The molecule has 1 aliphatic heterocycles. The van der Waals surface area contributed by atoms with E-state index in [4.69, 9.17) is 5.73 Å². The molecule has 2 heterocycles. The minimum Gasteiger partial charge on any atom is -0.330 e. The van der Waals surface area contributed by atoms with E-state index in [9.17, 15) is 0 Å². The van der Waals surface area contributed by atoms with E-state index in [0.717, 1.165) is 19.5 Å². The lowest BCUT2D eigenvalue weighted by molar-refractivity contribution is 0.254. The van der Waals surface area contributed by atoms with Gasteiger partial charge in [0, 0.05) is 32.9 Å². The van der Waals surface area contributed by atoms with Gasteiger partial charge in [0.1, 0.15) is 0 Å². The highest BCUT2D eigenvalue weighted by atomic mass is 15.2. The molecule has 2 N–H and O–H groups in total. The Morgan fingerprint density at radius 3 is 2.48 bits per heavy atom. The molecule has 1 saturated heterocycles. The van der Waals surface area contributed by atoms with Crippen LogP contribution in [-0.2, 0) is 13.5 Å². The molecular formula is C16H31N5. The summed E-state index contributed by atoms with van der Waals surface area (Å²) in [6.07, 6.45) is 10.3. The van der Waals surface area contributed by atoms with Crippen molar-refractivity contribution < 1.29 is 0 Å². The van der Waals surface area contributed by atoms with Crippen LogP contribution in [0.4, 0.5) is 0 Å². The second kappa shape index (κ2) is 9.18. The molecule has 0 saturated carbocycles. The van der Waals surface area contributed by atoms with Crippen molar-refractivity contribution in [1.29, 1.82) is 0 Å². The Morgan fingerprint density at radius 2 is 1.81 bits per heavy atom. The molecule has 1 fully saturated rings. The first-order valence-corrected chi connectivity index (χ1v) is 8.40. The Balaban J connectivity index is 1.63. The van der Waals surface area contributed by atoms with E-state index < -0.39 is 0 Å². The van der Waals surface area contributed by atoms with Gasteiger partial charge in [0.05, 0.1) is 6.20 Å². The third-order valence-corrected chi connectivity index (χ3v) is 4.33. The lowest BCUT2D eigenvalue weighted by Crippen LogP contribution is -2.32. The van der Waals surface area contributed by atoms with Gasteiger partial charge in [-0.25, -0.2) is 0 Å². The van der Waals surface area contributed by atoms with Crippen molar-refractivity contribution >= 4 is 0 Å². The molecule has 120 valence electrons. The number of hydrogen-bond donors (Lipinski definition) is 1. The van der Waals surface area contributed by atoms with Crippen LogP contribution in [0.3, 0.4) is 0 Å². The van der Waals surface area contributed by atoms with Crippen molar-refractivity contribution in [1.82, 2.24) is 19.6 Å². The van der Waals surface area contributed by atoms with Crippen molar-refractivity contribution in [3.05, 3.63) is 18.0 Å². The standard InChI is InChI=1S/C16H31N5/c1-19-15-16(14-18-19)6-11-21-10-5-9-20(12-13-21)8-4-2-3-7-17/h14-15H,2-13,17H2,1H3. The zero-order chi connectivity index (χ0) is 14.9. The molecule has 0 unspecified atom stereocenters. The van der Waals surface area contributed by atoms with Gasteiger partial charge in [0.2, 0.25) is 0 Å². The van der Waals surface area contributed by atoms with E-state index in [1.807, 2.05) is 17.9 Å². The van der Waals surface area contributed by atoms with Crippen LogP contribution >= 0.6 is 0 Å². The third-order valence-electron chi connectivity index (χ3n) is 4.33. The van der Waals surface area contributed by atoms with Gasteiger partial charge in [0.15, 0.2) is 0 Å². The van der Waals surface area contributed by atoms with E-state index in [1.54, 1.807) is 0 Å². The Morgan fingerprint density at radius 1 is 1.05 bits per heavy atom. The molecule has 0 spiro atoms. The topological polar surface area (TPSA) is 50.3 Å². The highest BCUT2D eigenvalue weighted by Crippen LogP contribution is 2.07. The van der Waals surface area contributed by atoms with Gasteiger partial charge in [-0.1, -0.05) is 6.42 Å². The van der Waals surface area contributed by atoms with Crippen molar-refractivity contribution in [3.63, 3.8) is 0 Å². The number of unbranched alkanes of at least 4 members (excludes halogenated alkanes) is 2. The fourth-order valence-corrected chi connectivity index (χ4v) is 3.02. The van der Waals surface area contributed by atoms with Gasteiger partial charge in [0.25, 0.3) is 0 Å². The fourth-order valence-electron chi connectivity index (χ4n) is 3.02. The van der Waals surface area contributed by atoms with Gasteiger partial charge in [-0.3, -0.25) is 4.68 Å². The highest BCUT2D eigenvalue weighted by molar-refractivity contribution is 5.04. The van der Waals surface area contributed by atoms with Crippen LogP contribution in [0.15, 0.2) is 12.4 Å². The summed E-state index contributed by atoms with van der Waals surface area (Å²) in [6.45, 7) is 8.16. The van der Waals surface area contributed by atoms with E-state index in [2.05, 4.69) is 21.1 Å². The summed E-state index contributed by atoms with van der Waals surface area (Å²) in [5, 5.41) is 4.24. The number of nitrogens with two attached hydrogens (primary N) is 1. The summed E-state index contributed by atoms with van der Waals surface area (Å²) < 4.78 is 1.89. The summed E-state index contributed by atoms with van der Waals surface area (Å²) >= 11 is 0. The Bertz CT molecular complexity index is 390. The normalized spacial score (nSPS) is 18.0. The van der Waals surface area contributed by atoms with Crippen LogP contribution in [0.5, 0.6) is 0 Å². The van der Waals surface area contributed by atoms with Crippen LogP contribution in [0.2, 0.25) is 0 Å². The summed E-state index contributed by atoms with van der Waals surface area (Å²) in [4.78, 5) is 5.23. The smallest absolute Gasteiger partial charge is 0.0522 e. The summed E-state index contributed by atoms with van der Waals surface area (Å²) in [7, 11) is 1.98. The van der Waals surface area contributed by atoms with Gasteiger partial charge in [-0.05, 0) is 57.4 Å². The zero-order valence-corrected chi connectivity index (χ0v) is 13.5. The van der Waals surface area contributed by atoms with Crippen molar-refractivity contribution in [3.8, 4) is 0 Å². The monoisotopic (exact) mass is 293 g/mol. The average Bonchev–Trinajstić information content (AvgIpc) is 2.77. The van der Waals surface area contributed by atoms with Crippen molar-refractivity contribution in [2.75, 3.05) is 45.8 Å². The molecule has 1 aromatic rings. The SMILES string of the molecule is Cn1cc(CCN2CCCN(CCCCCN)CC2)cn1. The predicted molar refractivity (Wildman–Crippen MR) is 87.3 cm³/mol. The summed E-state index contributed by atoms with van der Waals surface area (Å²) in [5.74, 6) is 0. The maximum atomic E-state index is 5.55. The molecule has 5 nitrogen and oxygen atoms in total. The van der Waals surface area contributed by atoms with Crippen LogP contribution in [0, 0.1) is 0 Å². The van der Waals surface area contributed by atoms with Gasteiger partial charge < -0.3 is 15.5 Å². The van der Waals surface area contributed by atoms with Gasteiger partial charge in [-0.15, -0.1) is 0 Å². The molecule has 0 aromatic carbocycles. The predicted octanol–water partition coefficient (Wildman–Crippen LogP) is 1.10. The first-order valence-electron chi connectivity index (χ1n) is 8.40. The molecule has 0 radical (unpaired) electrons. The van der Waals surface area contributed by atoms with Gasteiger partial charge in [-0.2, -0.15) is 5.10 Å². The quantitative estimate of drug-likeness (QED) is 0.729. The molecule has 1 aliphatic rings. The average molecular weight is 293 g/mol. The van der Waals surface area contributed by atoms with E-state index >= 15 is 0 Å². The Labute approximate surface area is 129 Å². The largest absolute Gasteiger partial charge is 0.330 e. The first-order chi connectivity index (χ1) is 10.3. The molecule has 0 atom stereocenters. The number of aromatic nitrogens is 2. The molecule has 5 heteroatoms. The molecule has 0 amide bonds. The third kappa shape index (κ3) is 6.16.